The van der Waals surface area contributed by atoms with Crippen molar-refractivity contribution in [3.05, 3.63) is 127 Å². The fourth-order valence-electron chi connectivity index (χ4n) is 3.26. The quantitative estimate of drug-likeness (QED) is 0.259. The van der Waals surface area contributed by atoms with E-state index in [9.17, 15) is 0 Å². The molecule has 0 saturated carbocycles. The van der Waals surface area contributed by atoms with Crippen molar-refractivity contribution in [1.29, 1.82) is 0 Å². The Morgan fingerprint density at radius 2 is 1.18 bits per heavy atom. The van der Waals surface area contributed by atoms with E-state index in [0.29, 0.717) is 0 Å². The fourth-order valence-corrected chi connectivity index (χ4v) is 3.26. The third-order valence-electron chi connectivity index (χ3n) is 5.43. The van der Waals surface area contributed by atoms with Gasteiger partial charge in [-0.3, -0.25) is 0 Å². The highest BCUT2D eigenvalue weighted by Crippen LogP contribution is 2.26. The highest BCUT2D eigenvalue weighted by Gasteiger charge is 2.03. The van der Waals surface area contributed by atoms with Crippen LogP contribution in [-0.2, 0) is 0 Å². The van der Waals surface area contributed by atoms with Crippen LogP contribution < -0.4 is 0 Å². The number of benzene rings is 3. The highest BCUT2D eigenvalue weighted by atomic mass is 14.1. The summed E-state index contributed by atoms with van der Waals surface area (Å²) in [6, 6.07) is 25.6. The highest BCUT2D eigenvalue weighted by molar-refractivity contribution is 5.83. The summed E-state index contributed by atoms with van der Waals surface area (Å²) in [6.07, 6.45) is 6.55. The molecule has 0 radical (unpaired) electrons. The summed E-state index contributed by atoms with van der Waals surface area (Å²) in [6.45, 7) is 24.2. The summed E-state index contributed by atoms with van der Waals surface area (Å²) in [7, 11) is 0. The molecule has 0 bridgehead atoms. The standard InChI is InChI=1S/C27H26.C4H10.C3H6/c1-19(2)23-10-14-25(15-11-23)26-16-12-24(13-17-26)21(4)18-22(5)27-9-7-6-8-20(27)3;1-3-4-2;1-3-2/h6-18H,1,4H2,2-3,5H3;3-4H2,1-2H3;3H,1H2,2H3/b22-18-;;. The van der Waals surface area contributed by atoms with E-state index in [-0.39, 0.29) is 0 Å². The molecule has 3 rings (SSSR count). The molecule has 0 spiro atoms. The van der Waals surface area contributed by atoms with Crippen molar-refractivity contribution in [2.24, 2.45) is 0 Å². The van der Waals surface area contributed by atoms with Gasteiger partial charge in [0.2, 0.25) is 0 Å². The first kappa shape index (κ1) is 28.7. The average molecular weight is 451 g/mol. The first-order chi connectivity index (χ1) is 16.3. The van der Waals surface area contributed by atoms with Gasteiger partial charge in [-0.2, -0.15) is 0 Å². The van der Waals surface area contributed by atoms with Crippen LogP contribution in [0.3, 0.4) is 0 Å². The molecule has 178 valence electrons. The third kappa shape index (κ3) is 9.24. The van der Waals surface area contributed by atoms with Crippen molar-refractivity contribution in [3.63, 3.8) is 0 Å². The molecule has 0 heteroatoms. The first-order valence-electron chi connectivity index (χ1n) is 12.2. The monoisotopic (exact) mass is 450 g/mol. The topological polar surface area (TPSA) is 0 Å². The Labute approximate surface area is 209 Å². The van der Waals surface area contributed by atoms with Crippen LogP contribution in [0.2, 0.25) is 0 Å². The third-order valence-corrected chi connectivity index (χ3v) is 5.43. The minimum Gasteiger partial charge on any atom is -0.103 e. The zero-order valence-corrected chi connectivity index (χ0v) is 22.1. The molecule has 0 fully saturated rings. The average Bonchev–Trinajstić information content (AvgIpc) is 2.85. The second-order valence-electron chi connectivity index (χ2n) is 8.51. The molecule has 0 nitrogen and oxygen atoms in total. The van der Waals surface area contributed by atoms with Crippen LogP contribution in [0.4, 0.5) is 0 Å². The van der Waals surface area contributed by atoms with Crippen LogP contribution in [0.5, 0.6) is 0 Å². The Hall–Kier alpha value is -3.38. The number of allylic oxidation sites excluding steroid dienone is 5. The predicted octanol–water partition coefficient (Wildman–Crippen LogP) is 10.8. The van der Waals surface area contributed by atoms with Crippen LogP contribution in [0.25, 0.3) is 27.8 Å². The fraction of sp³-hybridized carbons (Fsp3) is 0.235. The maximum Gasteiger partial charge on any atom is -0.0184 e. The Balaban J connectivity index is 0.000000732. The van der Waals surface area contributed by atoms with E-state index in [0.717, 1.165) is 16.7 Å². The van der Waals surface area contributed by atoms with E-state index in [2.05, 4.69) is 126 Å². The van der Waals surface area contributed by atoms with E-state index >= 15 is 0 Å². The molecule has 0 saturated heterocycles. The lowest BCUT2D eigenvalue weighted by Gasteiger charge is -2.09. The van der Waals surface area contributed by atoms with Gasteiger partial charge in [-0.1, -0.05) is 130 Å². The van der Waals surface area contributed by atoms with E-state index < -0.39 is 0 Å². The van der Waals surface area contributed by atoms with E-state index in [1.165, 1.54) is 46.2 Å². The lowest BCUT2D eigenvalue weighted by molar-refractivity contribution is 0.886. The smallest absolute Gasteiger partial charge is 0.0184 e. The molecule has 0 atom stereocenters. The van der Waals surface area contributed by atoms with Gasteiger partial charge >= 0.3 is 0 Å². The largest absolute Gasteiger partial charge is 0.103 e. The summed E-state index contributed by atoms with van der Waals surface area (Å²) < 4.78 is 0. The second kappa shape index (κ2) is 15.5. The zero-order chi connectivity index (χ0) is 25.5. The molecular formula is C34H42. The molecule has 0 N–H and O–H groups in total. The van der Waals surface area contributed by atoms with Crippen LogP contribution in [0.1, 0.15) is 69.7 Å². The second-order valence-corrected chi connectivity index (χ2v) is 8.51. The Morgan fingerprint density at radius 1 is 0.735 bits per heavy atom. The summed E-state index contributed by atoms with van der Waals surface area (Å²) in [4.78, 5) is 0. The molecule has 0 aliphatic carbocycles. The van der Waals surface area contributed by atoms with Gasteiger partial charge in [-0.25, -0.2) is 0 Å². The van der Waals surface area contributed by atoms with Crippen LogP contribution in [0.15, 0.2) is 105 Å². The van der Waals surface area contributed by atoms with Crippen molar-refractivity contribution >= 4 is 16.7 Å². The van der Waals surface area contributed by atoms with E-state index in [1.54, 1.807) is 6.08 Å². The number of aryl methyl sites for hydroxylation is 1. The van der Waals surface area contributed by atoms with Gasteiger partial charge in [-0.15, -0.1) is 6.58 Å². The van der Waals surface area contributed by atoms with Crippen LogP contribution in [-0.4, -0.2) is 0 Å². The molecule has 0 unspecified atom stereocenters. The molecule has 0 aromatic heterocycles. The van der Waals surface area contributed by atoms with Gasteiger partial charge in [0.15, 0.2) is 0 Å². The van der Waals surface area contributed by atoms with Gasteiger partial charge in [0.1, 0.15) is 0 Å². The normalized spacial score (nSPS) is 10.2. The number of hydrogen-bond donors (Lipinski definition) is 0. The van der Waals surface area contributed by atoms with Gasteiger partial charge < -0.3 is 0 Å². The van der Waals surface area contributed by atoms with Gasteiger partial charge in [0.05, 0.1) is 0 Å². The molecule has 0 aliphatic rings. The minimum atomic E-state index is 1.03. The Bertz CT molecular complexity index is 1070. The van der Waals surface area contributed by atoms with Crippen molar-refractivity contribution < 1.29 is 0 Å². The van der Waals surface area contributed by atoms with E-state index in [4.69, 9.17) is 0 Å². The molecular weight excluding hydrogens is 408 g/mol. The summed E-state index contributed by atoms with van der Waals surface area (Å²) >= 11 is 0. The van der Waals surface area contributed by atoms with Crippen LogP contribution >= 0.6 is 0 Å². The maximum absolute atomic E-state index is 4.27. The zero-order valence-electron chi connectivity index (χ0n) is 22.1. The summed E-state index contributed by atoms with van der Waals surface area (Å²) in [5.41, 5.74) is 10.6. The minimum absolute atomic E-state index is 1.03. The van der Waals surface area contributed by atoms with Gasteiger partial charge in [-0.05, 0) is 72.2 Å². The van der Waals surface area contributed by atoms with Crippen molar-refractivity contribution in [3.8, 4) is 11.1 Å². The predicted molar refractivity (Wildman–Crippen MR) is 157 cm³/mol. The van der Waals surface area contributed by atoms with Crippen molar-refractivity contribution in [1.82, 2.24) is 0 Å². The molecule has 0 heterocycles. The lowest BCUT2D eigenvalue weighted by Crippen LogP contribution is -1.87. The lowest BCUT2D eigenvalue weighted by atomic mass is 9.96. The number of unbranched alkanes of at least 4 members (excludes halogenated alkanes) is 1. The van der Waals surface area contributed by atoms with E-state index in [1.807, 2.05) is 13.8 Å². The van der Waals surface area contributed by atoms with Crippen molar-refractivity contribution in [2.45, 2.75) is 54.4 Å². The van der Waals surface area contributed by atoms with Crippen molar-refractivity contribution in [2.75, 3.05) is 0 Å². The first-order valence-corrected chi connectivity index (χ1v) is 12.2. The Morgan fingerprint density at radius 3 is 1.59 bits per heavy atom. The summed E-state index contributed by atoms with van der Waals surface area (Å²) in [5.74, 6) is 0. The molecule has 34 heavy (non-hydrogen) atoms. The van der Waals surface area contributed by atoms with Crippen LogP contribution in [0, 0.1) is 6.92 Å². The Kier molecular flexibility index (Phi) is 13.0. The summed E-state index contributed by atoms with van der Waals surface area (Å²) in [5, 5.41) is 0. The SMILES string of the molecule is C=C(C)c1ccc(-c2ccc(C(=C)/C=C(/C)c3ccccc3C)cc2)cc1.C=CC.CCCC. The molecule has 0 amide bonds. The maximum atomic E-state index is 4.27. The number of rotatable bonds is 6. The van der Waals surface area contributed by atoms with Gasteiger partial charge in [0.25, 0.3) is 0 Å². The number of hydrogen-bond acceptors (Lipinski definition) is 0. The molecule has 0 aliphatic heterocycles. The molecule has 3 aromatic rings. The van der Waals surface area contributed by atoms with Gasteiger partial charge in [0, 0.05) is 0 Å². The molecule has 3 aromatic carbocycles.